The Morgan fingerprint density at radius 1 is 1.36 bits per heavy atom. The van der Waals surface area contributed by atoms with Gasteiger partial charge in [0.05, 0.1) is 0 Å². The number of hydrogen-bond acceptors (Lipinski definition) is 5. The quantitative estimate of drug-likeness (QED) is 0.811. The van der Waals surface area contributed by atoms with Crippen LogP contribution in [0.25, 0.3) is 0 Å². The molecule has 0 aliphatic rings. The molecule has 0 fully saturated rings. The molecule has 1 aromatic carbocycles. The van der Waals surface area contributed by atoms with Gasteiger partial charge in [-0.3, -0.25) is 0 Å². The number of nitrogens with zero attached hydrogens (tertiary/aromatic N) is 1. The standard InChI is InChI=1S/C14H13BrN2O5/c15-12-7-10(22-17-12)6-11(13(18)19)16-14(20)21-8-9-4-2-1-3-5-9/h1-5,7,11H,6,8H2,(H,16,20)(H,18,19). The van der Waals surface area contributed by atoms with Gasteiger partial charge in [-0.2, -0.15) is 0 Å². The van der Waals surface area contributed by atoms with Gasteiger partial charge in [-0.05, 0) is 21.5 Å². The second kappa shape index (κ2) is 7.60. The van der Waals surface area contributed by atoms with Gasteiger partial charge in [-0.1, -0.05) is 35.5 Å². The highest BCUT2D eigenvalue weighted by Crippen LogP contribution is 2.12. The molecule has 0 saturated carbocycles. The number of carboxylic acid groups (broad SMARTS) is 1. The van der Waals surface area contributed by atoms with E-state index < -0.39 is 18.1 Å². The van der Waals surface area contributed by atoms with Gasteiger partial charge in [-0.15, -0.1) is 0 Å². The fourth-order valence-electron chi connectivity index (χ4n) is 1.69. The molecule has 1 amide bonds. The molecule has 0 bridgehead atoms. The van der Waals surface area contributed by atoms with Gasteiger partial charge in [0.25, 0.3) is 0 Å². The van der Waals surface area contributed by atoms with Crippen LogP contribution in [0.3, 0.4) is 0 Å². The first kappa shape index (κ1) is 16.0. The Bertz CT molecular complexity index is 644. The van der Waals surface area contributed by atoms with Crippen molar-refractivity contribution < 1.29 is 24.0 Å². The van der Waals surface area contributed by atoms with Crippen LogP contribution in [0.5, 0.6) is 0 Å². The number of carboxylic acids is 1. The van der Waals surface area contributed by atoms with Crippen molar-refractivity contribution >= 4 is 28.0 Å². The number of halogens is 1. The van der Waals surface area contributed by atoms with Crippen LogP contribution in [0.1, 0.15) is 11.3 Å². The van der Waals surface area contributed by atoms with Crippen molar-refractivity contribution in [2.75, 3.05) is 0 Å². The number of ether oxygens (including phenoxy) is 1. The number of alkyl carbamates (subject to hydrolysis) is 1. The lowest BCUT2D eigenvalue weighted by Crippen LogP contribution is -2.42. The molecule has 0 aliphatic carbocycles. The van der Waals surface area contributed by atoms with Crippen LogP contribution in [-0.2, 0) is 22.6 Å². The maximum absolute atomic E-state index is 11.7. The average Bonchev–Trinajstić information content (AvgIpc) is 2.91. The molecule has 2 aromatic rings. The van der Waals surface area contributed by atoms with Crippen LogP contribution in [0.4, 0.5) is 4.79 Å². The van der Waals surface area contributed by atoms with Gasteiger partial charge in [-0.25, -0.2) is 9.59 Å². The number of rotatable bonds is 6. The van der Waals surface area contributed by atoms with Crippen molar-refractivity contribution in [1.82, 2.24) is 10.5 Å². The molecule has 0 saturated heterocycles. The number of carbonyl (C=O) groups is 2. The van der Waals surface area contributed by atoms with Gasteiger partial charge in [0.15, 0.2) is 0 Å². The summed E-state index contributed by atoms with van der Waals surface area (Å²) in [6.07, 6.45) is -0.844. The molecular weight excluding hydrogens is 356 g/mol. The first-order chi connectivity index (χ1) is 10.5. The van der Waals surface area contributed by atoms with E-state index in [2.05, 4.69) is 26.4 Å². The van der Waals surface area contributed by atoms with Crippen LogP contribution in [0.15, 0.2) is 45.5 Å². The molecule has 8 heteroatoms. The average molecular weight is 369 g/mol. The molecule has 7 nitrogen and oxygen atoms in total. The molecule has 2 rings (SSSR count). The molecular formula is C14H13BrN2O5. The summed E-state index contributed by atoms with van der Waals surface area (Å²) in [4.78, 5) is 22.9. The van der Waals surface area contributed by atoms with Gasteiger partial charge in [0, 0.05) is 12.5 Å². The summed E-state index contributed by atoms with van der Waals surface area (Å²) in [5.41, 5.74) is 0.809. The van der Waals surface area contributed by atoms with E-state index in [1.165, 1.54) is 6.07 Å². The molecule has 0 aliphatic heterocycles. The summed E-state index contributed by atoms with van der Waals surface area (Å²) in [5.74, 6) is -0.855. The number of aromatic nitrogens is 1. The van der Waals surface area contributed by atoms with Crippen LogP contribution in [0, 0.1) is 0 Å². The molecule has 22 heavy (non-hydrogen) atoms. The molecule has 1 unspecified atom stereocenters. The third kappa shape index (κ3) is 4.88. The highest BCUT2D eigenvalue weighted by molar-refractivity contribution is 9.10. The van der Waals surface area contributed by atoms with Gasteiger partial charge >= 0.3 is 12.1 Å². The van der Waals surface area contributed by atoms with Gasteiger partial charge in [0.1, 0.15) is 23.0 Å². The van der Waals surface area contributed by atoms with Crippen molar-refractivity contribution in [3.05, 3.63) is 52.3 Å². The van der Waals surface area contributed by atoms with Crippen molar-refractivity contribution in [2.45, 2.75) is 19.1 Å². The third-order valence-corrected chi connectivity index (χ3v) is 3.11. The van der Waals surface area contributed by atoms with Crippen LogP contribution in [0.2, 0.25) is 0 Å². The zero-order valence-corrected chi connectivity index (χ0v) is 12.9. The minimum Gasteiger partial charge on any atom is -0.480 e. The number of amides is 1. The summed E-state index contributed by atoms with van der Waals surface area (Å²) < 4.78 is 10.3. The zero-order chi connectivity index (χ0) is 15.9. The Kier molecular flexibility index (Phi) is 5.54. The van der Waals surface area contributed by atoms with E-state index in [4.69, 9.17) is 14.4 Å². The summed E-state index contributed by atoms with van der Waals surface area (Å²) in [6, 6.07) is 9.45. The molecule has 1 aromatic heterocycles. The number of nitrogens with one attached hydrogen (secondary N) is 1. The fourth-order valence-corrected chi connectivity index (χ4v) is 2.02. The summed E-state index contributed by atoms with van der Waals surface area (Å²) >= 11 is 3.10. The van der Waals surface area contributed by atoms with Crippen LogP contribution >= 0.6 is 15.9 Å². The van der Waals surface area contributed by atoms with Crippen LogP contribution in [-0.4, -0.2) is 28.4 Å². The molecule has 1 atom stereocenters. The van der Waals surface area contributed by atoms with E-state index in [1.807, 2.05) is 18.2 Å². The largest absolute Gasteiger partial charge is 0.480 e. The lowest BCUT2D eigenvalue weighted by molar-refractivity contribution is -0.139. The fraction of sp³-hybridized carbons (Fsp3) is 0.214. The van der Waals surface area contributed by atoms with Crippen molar-refractivity contribution in [1.29, 1.82) is 0 Å². The Morgan fingerprint density at radius 3 is 2.68 bits per heavy atom. The lowest BCUT2D eigenvalue weighted by atomic mass is 10.2. The second-order valence-corrected chi connectivity index (χ2v) is 5.23. The van der Waals surface area contributed by atoms with Crippen molar-refractivity contribution in [3.8, 4) is 0 Å². The third-order valence-electron chi connectivity index (χ3n) is 2.74. The van der Waals surface area contributed by atoms with Gasteiger partial charge < -0.3 is 19.7 Å². The monoisotopic (exact) mass is 368 g/mol. The predicted octanol–water partition coefficient (Wildman–Crippen LogP) is 2.36. The van der Waals surface area contributed by atoms with Crippen molar-refractivity contribution in [2.24, 2.45) is 0 Å². The maximum Gasteiger partial charge on any atom is 0.408 e. The molecule has 0 radical (unpaired) electrons. The Balaban J connectivity index is 1.87. The highest BCUT2D eigenvalue weighted by atomic mass is 79.9. The topological polar surface area (TPSA) is 102 Å². The number of aliphatic carboxylic acids is 1. The van der Waals surface area contributed by atoms with E-state index in [9.17, 15) is 9.59 Å². The zero-order valence-electron chi connectivity index (χ0n) is 11.4. The van der Waals surface area contributed by atoms with Crippen LogP contribution < -0.4 is 5.32 Å². The van der Waals surface area contributed by atoms with Gasteiger partial charge in [0.2, 0.25) is 0 Å². The minimum absolute atomic E-state index is 0.0334. The Hall–Kier alpha value is -2.35. The summed E-state index contributed by atoms with van der Waals surface area (Å²) in [5, 5.41) is 15.0. The lowest BCUT2D eigenvalue weighted by Gasteiger charge is -2.13. The van der Waals surface area contributed by atoms with E-state index in [-0.39, 0.29) is 13.0 Å². The molecule has 0 spiro atoms. The van der Waals surface area contributed by atoms with E-state index in [0.29, 0.717) is 10.4 Å². The molecule has 1 heterocycles. The molecule has 116 valence electrons. The van der Waals surface area contributed by atoms with E-state index >= 15 is 0 Å². The second-order valence-electron chi connectivity index (χ2n) is 4.42. The number of carbonyl (C=O) groups excluding carboxylic acids is 1. The molecule has 2 N–H and O–H groups in total. The highest BCUT2D eigenvalue weighted by Gasteiger charge is 2.23. The predicted molar refractivity (Wildman–Crippen MR) is 79.1 cm³/mol. The smallest absolute Gasteiger partial charge is 0.408 e. The normalized spacial score (nSPS) is 11.7. The SMILES string of the molecule is O=C(NC(Cc1cc(Br)no1)C(=O)O)OCc1ccccc1. The number of benzene rings is 1. The first-order valence-corrected chi connectivity index (χ1v) is 7.15. The van der Waals surface area contributed by atoms with E-state index in [1.54, 1.807) is 12.1 Å². The number of hydrogen-bond donors (Lipinski definition) is 2. The summed E-state index contributed by atoms with van der Waals surface area (Å²) in [6.45, 7) is 0.0624. The maximum atomic E-state index is 11.7. The minimum atomic E-state index is -1.19. The van der Waals surface area contributed by atoms with E-state index in [0.717, 1.165) is 5.56 Å². The van der Waals surface area contributed by atoms with Crippen molar-refractivity contribution in [3.63, 3.8) is 0 Å². The Labute approximate surface area is 134 Å². The summed E-state index contributed by atoms with van der Waals surface area (Å²) in [7, 11) is 0. The Morgan fingerprint density at radius 2 is 2.09 bits per heavy atom. The first-order valence-electron chi connectivity index (χ1n) is 6.35.